The van der Waals surface area contributed by atoms with Crippen molar-refractivity contribution in [3.8, 4) is 0 Å². The Labute approximate surface area is 47.6 Å². The lowest BCUT2D eigenvalue weighted by Crippen LogP contribution is -1.91. The molecule has 0 saturated heterocycles. The minimum absolute atomic E-state index is 0.0353. The van der Waals surface area contributed by atoms with Gasteiger partial charge >= 0.3 is 7.60 Å². The maximum Gasteiger partial charge on any atom is 0.329 e. The minimum Gasteiger partial charge on any atom is -0.370 e. The number of aliphatic hydroxyl groups is 1. The number of hydrogen-bond donors (Lipinski definition) is 2. The highest BCUT2D eigenvalue weighted by molar-refractivity contribution is 7.52. The molecule has 1 unspecified atom stereocenters. The van der Waals surface area contributed by atoms with E-state index in [1.54, 1.807) is 0 Å². The molecule has 0 heterocycles. The summed E-state index contributed by atoms with van der Waals surface area (Å²) >= 11 is 0. The van der Waals surface area contributed by atoms with Crippen molar-refractivity contribution in [3.63, 3.8) is 0 Å². The van der Waals surface area contributed by atoms with E-state index in [1.165, 1.54) is 6.92 Å². The Morgan fingerprint density at radius 1 is 1.75 bits per heavy atom. The predicted molar refractivity (Wildman–Crippen MR) is 28.5 cm³/mol. The van der Waals surface area contributed by atoms with Gasteiger partial charge in [0.25, 0.3) is 0 Å². The molecule has 0 aliphatic heterocycles. The molecule has 0 aromatic carbocycles. The van der Waals surface area contributed by atoms with Gasteiger partial charge in [-0.15, -0.1) is 0 Å². The van der Waals surface area contributed by atoms with Crippen molar-refractivity contribution in [2.24, 2.45) is 0 Å². The zero-order valence-electron chi connectivity index (χ0n) is 4.57. The molecular formula is C3H9O4P. The molecule has 4 nitrogen and oxygen atoms in total. The first kappa shape index (κ1) is 8.11. The summed E-state index contributed by atoms with van der Waals surface area (Å²) in [5.41, 5.74) is 0. The third-order valence-corrected chi connectivity index (χ3v) is 1.98. The Morgan fingerprint density at radius 2 is 2.25 bits per heavy atom. The second kappa shape index (κ2) is 3.20. The molecule has 0 bridgehead atoms. The summed E-state index contributed by atoms with van der Waals surface area (Å²) in [5, 5.41) is 7.98. The molecule has 0 aromatic heterocycles. The van der Waals surface area contributed by atoms with E-state index in [-0.39, 0.29) is 6.16 Å². The van der Waals surface area contributed by atoms with Crippen molar-refractivity contribution >= 4 is 7.60 Å². The molecule has 8 heavy (non-hydrogen) atoms. The van der Waals surface area contributed by atoms with Crippen LogP contribution in [0, 0.1) is 0 Å². The van der Waals surface area contributed by atoms with Crippen LogP contribution in [0.4, 0.5) is 0 Å². The smallest absolute Gasteiger partial charge is 0.329 e. The Balaban J connectivity index is 3.55. The Kier molecular flexibility index (Phi) is 3.24. The molecule has 0 rings (SSSR count). The lowest BCUT2D eigenvalue weighted by Gasteiger charge is -2.04. The molecule has 0 aliphatic rings. The van der Waals surface area contributed by atoms with Gasteiger partial charge in [-0.2, -0.15) is 0 Å². The van der Waals surface area contributed by atoms with Crippen LogP contribution in [0.3, 0.4) is 0 Å². The van der Waals surface area contributed by atoms with Crippen LogP contribution in [0.15, 0.2) is 0 Å². The minimum atomic E-state index is -3.42. The zero-order chi connectivity index (χ0) is 6.62. The molecule has 50 valence electrons. The van der Waals surface area contributed by atoms with Gasteiger partial charge < -0.3 is 10.00 Å². The molecule has 5 heteroatoms. The van der Waals surface area contributed by atoms with Gasteiger partial charge in [-0.25, -0.2) is 0 Å². The van der Waals surface area contributed by atoms with Crippen LogP contribution in [0.5, 0.6) is 0 Å². The second-order valence-corrected chi connectivity index (χ2v) is 3.38. The molecule has 0 aromatic rings. The second-order valence-electron chi connectivity index (χ2n) is 1.21. The monoisotopic (exact) mass is 140 g/mol. The number of hydrogen-bond acceptors (Lipinski definition) is 3. The SMILES string of the molecule is CCP(=O)(O)OCO. The largest absolute Gasteiger partial charge is 0.370 e. The molecule has 1 atom stereocenters. The van der Waals surface area contributed by atoms with Gasteiger partial charge in [0, 0.05) is 6.16 Å². The molecule has 0 aliphatic carbocycles. The van der Waals surface area contributed by atoms with Crippen LogP contribution in [0.25, 0.3) is 0 Å². The van der Waals surface area contributed by atoms with E-state index in [0.29, 0.717) is 0 Å². The Bertz CT molecular complexity index is 101. The summed E-state index contributed by atoms with van der Waals surface area (Å²) in [7, 11) is -3.42. The fourth-order valence-corrected chi connectivity index (χ4v) is 0.545. The molecule has 0 spiro atoms. The normalized spacial score (nSPS) is 17.9. The highest BCUT2D eigenvalue weighted by Gasteiger charge is 2.13. The molecular weight excluding hydrogens is 131 g/mol. The van der Waals surface area contributed by atoms with E-state index in [9.17, 15) is 4.57 Å². The van der Waals surface area contributed by atoms with Crippen molar-refractivity contribution in [2.45, 2.75) is 6.92 Å². The highest BCUT2D eigenvalue weighted by Crippen LogP contribution is 2.40. The maximum atomic E-state index is 10.4. The molecule has 0 radical (unpaired) electrons. The van der Waals surface area contributed by atoms with E-state index < -0.39 is 14.4 Å². The molecule has 0 amide bonds. The average molecular weight is 140 g/mol. The third kappa shape index (κ3) is 3.16. The van der Waals surface area contributed by atoms with Crippen LogP contribution >= 0.6 is 7.60 Å². The molecule has 2 N–H and O–H groups in total. The number of aliphatic hydroxyl groups excluding tert-OH is 1. The highest BCUT2D eigenvalue weighted by atomic mass is 31.2. The van der Waals surface area contributed by atoms with Gasteiger partial charge in [0.05, 0.1) is 0 Å². The lowest BCUT2D eigenvalue weighted by atomic mass is 11.0. The summed E-state index contributed by atoms with van der Waals surface area (Å²) in [6.07, 6.45) is 0.0353. The maximum absolute atomic E-state index is 10.4. The van der Waals surface area contributed by atoms with Gasteiger partial charge in [0.2, 0.25) is 0 Å². The van der Waals surface area contributed by atoms with E-state index in [4.69, 9.17) is 10.00 Å². The van der Waals surface area contributed by atoms with Crippen molar-refractivity contribution in [2.75, 3.05) is 13.0 Å². The van der Waals surface area contributed by atoms with Crippen LogP contribution in [-0.4, -0.2) is 23.0 Å². The van der Waals surface area contributed by atoms with Crippen molar-refractivity contribution < 1.29 is 19.1 Å². The van der Waals surface area contributed by atoms with Crippen LogP contribution in [-0.2, 0) is 9.09 Å². The standard InChI is InChI=1S/C3H9O4P/c1-2-8(5,6)7-3-4/h4H,2-3H2,1H3,(H,5,6). The summed E-state index contributed by atoms with van der Waals surface area (Å²) in [6, 6.07) is 0. The van der Waals surface area contributed by atoms with Crippen LogP contribution in [0.2, 0.25) is 0 Å². The van der Waals surface area contributed by atoms with E-state index >= 15 is 0 Å². The number of rotatable bonds is 3. The first-order valence-electron chi connectivity index (χ1n) is 2.19. The molecule has 0 fully saturated rings. The van der Waals surface area contributed by atoms with Gasteiger partial charge in [-0.05, 0) is 0 Å². The summed E-state index contributed by atoms with van der Waals surface area (Å²) in [4.78, 5) is 8.50. The first-order valence-corrected chi connectivity index (χ1v) is 3.96. The third-order valence-electron chi connectivity index (χ3n) is 0.659. The zero-order valence-corrected chi connectivity index (χ0v) is 5.47. The van der Waals surface area contributed by atoms with Gasteiger partial charge in [-0.3, -0.25) is 9.09 Å². The van der Waals surface area contributed by atoms with E-state index in [0.717, 1.165) is 0 Å². The van der Waals surface area contributed by atoms with Crippen LogP contribution < -0.4 is 0 Å². The van der Waals surface area contributed by atoms with Crippen molar-refractivity contribution in [3.05, 3.63) is 0 Å². The fourth-order valence-electron chi connectivity index (χ4n) is 0.182. The van der Waals surface area contributed by atoms with Gasteiger partial charge in [-0.1, -0.05) is 6.92 Å². The quantitative estimate of drug-likeness (QED) is 0.432. The average Bonchev–Trinajstić information content (AvgIpc) is 1.67. The summed E-state index contributed by atoms with van der Waals surface area (Å²) in [5.74, 6) is 0. The van der Waals surface area contributed by atoms with Crippen molar-refractivity contribution in [1.82, 2.24) is 0 Å². The predicted octanol–water partition coefficient (Wildman–Crippen LogP) is 0.158. The Hall–Kier alpha value is 0.110. The van der Waals surface area contributed by atoms with Gasteiger partial charge in [0.1, 0.15) is 0 Å². The van der Waals surface area contributed by atoms with Crippen LogP contribution in [0.1, 0.15) is 6.92 Å². The lowest BCUT2D eigenvalue weighted by molar-refractivity contribution is 0.0869. The summed E-state index contributed by atoms with van der Waals surface area (Å²) < 4.78 is 14.4. The van der Waals surface area contributed by atoms with E-state index in [1.807, 2.05) is 0 Å². The molecule has 0 saturated carbocycles. The topological polar surface area (TPSA) is 66.8 Å². The van der Waals surface area contributed by atoms with Crippen molar-refractivity contribution in [1.29, 1.82) is 0 Å². The summed E-state index contributed by atoms with van der Waals surface area (Å²) in [6.45, 7) is 0.818. The Morgan fingerprint density at radius 3 is 2.38 bits per heavy atom. The van der Waals surface area contributed by atoms with Gasteiger partial charge in [0.15, 0.2) is 6.79 Å². The fraction of sp³-hybridized carbons (Fsp3) is 1.00. The van der Waals surface area contributed by atoms with E-state index in [2.05, 4.69) is 4.52 Å². The first-order chi connectivity index (χ1) is 3.62.